The van der Waals surface area contributed by atoms with Crippen LogP contribution in [-0.2, 0) is 38.4 Å². The molecule has 0 saturated carbocycles. The molecule has 0 saturated heterocycles. The number of carbonyl (C=O) groups is 8. The summed E-state index contributed by atoms with van der Waals surface area (Å²) in [5.74, 6) is 7.84. The molecule has 0 N–H and O–H groups in total. The predicted molar refractivity (Wildman–Crippen MR) is 585 cm³/mol. The Balaban J connectivity index is -0.000000213. The number of hydrogen-bond donors (Lipinski definition) is 0. The second-order valence-electron chi connectivity index (χ2n) is 36.9. The van der Waals surface area contributed by atoms with Crippen LogP contribution in [0.25, 0.3) is 0 Å². The van der Waals surface area contributed by atoms with Crippen molar-refractivity contribution in [1.82, 2.24) is 0 Å². The van der Waals surface area contributed by atoms with E-state index in [1.165, 1.54) is 241 Å². The number of thioether (sulfide) groups is 8. The van der Waals surface area contributed by atoms with Gasteiger partial charge in [-0.3, -0.25) is 38.4 Å². The van der Waals surface area contributed by atoms with Gasteiger partial charge in [0, 0.05) is 51.4 Å². The number of quaternary nitrogens is 8. The van der Waals surface area contributed by atoms with Crippen molar-refractivity contribution in [3.05, 3.63) is 0 Å². The Morgan fingerprint density at radius 1 is 0.150 bits per heavy atom. The number of rotatable bonds is 71. The Kier molecular flexibility index (Phi) is 108. The Morgan fingerprint density at radius 2 is 0.291 bits per heavy atom. The van der Waals surface area contributed by atoms with Crippen LogP contribution in [0.3, 0.4) is 0 Å². The summed E-state index contributed by atoms with van der Waals surface area (Å²) < 4.78 is 8.96. The zero-order chi connectivity index (χ0) is 98.8. The van der Waals surface area contributed by atoms with Crippen molar-refractivity contribution in [2.24, 2.45) is 0 Å². The van der Waals surface area contributed by atoms with Gasteiger partial charge in [0.1, 0.15) is 0 Å². The molecular formula is C103H222N8O8S8+8. The fourth-order valence-corrected chi connectivity index (χ4v) is 23.5. The molecular weight excluding hydrogens is 1730 g/mol. The fourth-order valence-electron chi connectivity index (χ4n) is 15.0. The first kappa shape index (κ1) is 142. The Hall–Kier alpha value is -0.160. The molecule has 127 heavy (non-hydrogen) atoms. The van der Waals surface area contributed by atoms with Crippen LogP contribution < -0.4 is 0 Å². The maximum absolute atomic E-state index is 11.7. The van der Waals surface area contributed by atoms with Crippen LogP contribution in [-0.4, -0.2) is 335 Å². The molecule has 0 fully saturated rings. The number of hydrogen-bond acceptors (Lipinski definition) is 16. The van der Waals surface area contributed by atoms with Gasteiger partial charge in [-0.1, -0.05) is 237 Å². The first-order valence-electron chi connectivity index (χ1n) is 52.2. The molecule has 0 heterocycles. The summed E-state index contributed by atoms with van der Waals surface area (Å²) in [4.78, 5) is 91.5. The first-order valence-corrected chi connectivity index (χ1v) is 60.1. The summed E-state index contributed by atoms with van der Waals surface area (Å²) in [5, 5.41) is 2.95. The van der Waals surface area contributed by atoms with E-state index in [-0.39, 0.29) is 0 Å². The van der Waals surface area contributed by atoms with Gasteiger partial charge < -0.3 is 35.9 Å². The van der Waals surface area contributed by atoms with Crippen molar-refractivity contribution >= 4 is 135 Å². The number of carbonyl (C=O) groups excluding carboxylic acids is 8. The molecule has 1 unspecified atom stereocenters. The fraction of sp³-hybridized carbons (Fsp3) is 0.922. The van der Waals surface area contributed by atoms with E-state index < -0.39 is 0 Å². The Labute approximate surface area is 827 Å². The van der Waals surface area contributed by atoms with Gasteiger partial charge in [0.2, 0.25) is 0 Å². The molecule has 0 aliphatic carbocycles. The summed E-state index contributed by atoms with van der Waals surface area (Å²) in [7, 11) is 12.9. The van der Waals surface area contributed by atoms with E-state index in [2.05, 4.69) is 215 Å². The third-order valence-corrected chi connectivity index (χ3v) is 31.7. The van der Waals surface area contributed by atoms with Crippen molar-refractivity contribution in [2.75, 3.05) is 258 Å². The molecule has 0 aliphatic heterocycles. The lowest BCUT2D eigenvalue weighted by Gasteiger charge is -2.37. The predicted octanol–water partition coefficient (Wildman–Crippen LogP) is 26.1. The molecule has 16 nitrogen and oxygen atoms in total. The lowest BCUT2D eigenvalue weighted by atomic mass is 10.2. The molecule has 0 spiro atoms. The van der Waals surface area contributed by atoms with Crippen molar-refractivity contribution in [3.8, 4) is 0 Å². The van der Waals surface area contributed by atoms with Gasteiger partial charge in [-0.2, -0.15) is 0 Å². The maximum Gasteiger partial charge on any atom is 0.189 e. The van der Waals surface area contributed by atoms with Crippen molar-refractivity contribution in [3.63, 3.8) is 0 Å². The van der Waals surface area contributed by atoms with Crippen LogP contribution in [0.2, 0.25) is 0 Å². The molecule has 0 aromatic heterocycles. The van der Waals surface area contributed by atoms with Crippen molar-refractivity contribution < 1.29 is 74.2 Å². The first-order chi connectivity index (χ1) is 60.2. The summed E-state index contributed by atoms with van der Waals surface area (Å²) in [5.41, 5.74) is 0. The van der Waals surface area contributed by atoms with E-state index in [0.29, 0.717) is 40.9 Å². The third kappa shape index (κ3) is 89.5. The van der Waals surface area contributed by atoms with Crippen molar-refractivity contribution in [2.45, 2.75) is 366 Å². The van der Waals surface area contributed by atoms with Crippen LogP contribution in [0.1, 0.15) is 366 Å². The zero-order valence-corrected chi connectivity index (χ0v) is 97.2. The zero-order valence-electron chi connectivity index (χ0n) is 90.7. The highest BCUT2D eigenvalue weighted by molar-refractivity contribution is 8.15. The normalized spacial score (nSPS) is 12.1. The quantitative estimate of drug-likeness (QED) is 0.0534. The number of unbranched alkanes of at least 4 members (excludes halogenated alkanes) is 5. The molecule has 0 aromatic carbocycles. The molecule has 0 aliphatic rings. The topological polar surface area (TPSA) is 137 Å². The molecule has 1 atom stereocenters. The second-order valence-corrected chi connectivity index (χ2v) is 46.1. The maximum atomic E-state index is 11.7. The largest absolute Gasteiger partial charge is 0.330 e. The van der Waals surface area contributed by atoms with E-state index in [0.717, 1.165) is 245 Å². The highest BCUT2D eigenvalue weighted by atomic mass is 32.2. The van der Waals surface area contributed by atoms with E-state index >= 15 is 0 Å². The van der Waals surface area contributed by atoms with Gasteiger partial charge in [-0.25, -0.2) is 0 Å². The average molecular weight is 1960 g/mol. The minimum Gasteiger partial charge on any atom is -0.330 e. The minimum atomic E-state index is 0.339. The van der Waals surface area contributed by atoms with Crippen LogP contribution in [0.4, 0.5) is 0 Å². The molecule has 0 radical (unpaired) electrons. The Morgan fingerprint density at radius 3 is 0.425 bits per heavy atom. The summed E-state index contributed by atoms with van der Waals surface area (Å²) in [6, 6.07) is 0. The lowest BCUT2D eigenvalue weighted by molar-refractivity contribution is -0.924. The van der Waals surface area contributed by atoms with Crippen LogP contribution in [0.5, 0.6) is 0 Å². The summed E-state index contributed by atoms with van der Waals surface area (Å²) in [6.07, 6.45) is 29.7. The Bertz CT molecular complexity index is 2450. The van der Waals surface area contributed by atoms with Gasteiger partial charge in [-0.05, 0) is 172 Å². The van der Waals surface area contributed by atoms with E-state index in [4.69, 9.17) is 0 Å². The smallest absolute Gasteiger partial charge is 0.189 e. The lowest BCUT2D eigenvalue weighted by Crippen LogP contribution is -2.50. The molecule has 0 rings (SSSR count). The molecule has 0 bridgehead atoms. The van der Waals surface area contributed by atoms with Crippen LogP contribution in [0, 0.1) is 0 Å². The monoisotopic (exact) mass is 1960 g/mol. The summed E-state index contributed by atoms with van der Waals surface area (Å²) in [6.45, 7) is 88.4. The highest BCUT2D eigenvalue weighted by Crippen LogP contribution is 2.22. The SMILES string of the molecule is CCCC(=O)SCC[N+](C)(C)C.CCCC(=O)SCC[N+](CC)(CC)CC.CCCC(=O)SCC[N+](CC)(CCC)CCC.CCCC(=O)SCC[N+](CC)(CCC)CCC.CCCCC(=O)SCC[N+](C)(C)C.CCCCC(=O)SCC[N+](CC)(CC)CC.CCCCC(=O)SCC[N+](CC)(CCC)CCC.CCCCC(=O)SCC[N+](CC)(CCC)CCCC. The van der Waals surface area contributed by atoms with Crippen molar-refractivity contribution in [1.29, 1.82) is 0 Å². The number of nitrogens with zero attached hydrogens (tertiary/aromatic N) is 8. The minimum absolute atomic E-state index is 0.339. The van der Waals surface area contributed by atoms with E-state index in [1.54, 1.807) is 47.0 Å². The van der Waals surface area contributed by atoms with Gasteiger partial charge in [0.25, 0.3) is 0 Å². The van der Waals surface area contributed by atoms with Gasteiger partial charge >= 0.3 is 0 Å². The van der Waals surface area contributed by atoms with Gasteiger partial charge in [0.05, 0.1) is 258 Å². The molecule has 0 amide bonds. The highest BCUT2D eigenvalue weighted by Gasteiger charge is 2.29. The average Bonchev–Trinajstić information content (AvgIpc) is 0.895. The molecule has 24 heteroatoms. The van der Waals surface area contributed by atoms with Crippen LogP contribution in [0.15, 0.2) is 0 Å². The third-order valence-electron chi connectivity index (χ3n) is 24.4. The van der Waals surface area contributed by atoms with Gasteiger partial charge in [0.15, 0.2) is 40.9 Å². The standard InChI is InChI=1S/C16H34NOS.C15H32NOS.2C14H30NOS.C13H28NOS.C12H26NOS.C10H22NOS.C9H20NOS/c1-5-9-11-16(18)19-15-14-17(8-4,12-7-3)13-10-6-2;1-5-9-10-15(17)18-14-13-16(8-4,11-6-2)12-7-3;2*1-5-9-14(16)17-13-12-15(8-4,10-6-2)11-7-3;1-5-9-10-13(15)16-12-11-14(6-2,7-3)8-4;1-5-9-12(14)15-11-10-13(6-2,7-3)8-4;1-5-6-7-10(12)13-9-8-11(2,3)4;1-5-6-9(11)12-8-7-10(2,3)4/h5-15H2,1-4H3;5-14H2,1-4H3;2*5-13H2,1-4H3;5-12H2,1-4H3;5-11H2,1-4H3;5-9H2,1-4H3;5-8H2,1-4H3/q8*+1. The molecule has 762 valence electrons. The van der Waals surface area contributed by atoms with Crippen LogP contribution >= 0.6 is 94.1 Å². The van der Waals surface area contributed by atoms with E-state index in [9.17, 15) is 38.4 Å². The van der Waals surface area contributed by atoms with Gasteiger partial charge in [-0.15, -0.1) is 0 Å². The van der Waals surface area contributed by atoms with E-state index in [1.807, 2.05) is 6.92 Å². The summed E-state index contributed by atoms with van der Waals surface area (Å²) >= 11 is 12.2. The second kappa shape index (κ2) is 96.1. The molecule has 0 aromatic rings.